The quantitative estimate of drug-likeness (QED) is 0.301. The van der Waals surface area contributed by atoms with E-state index in [9.17, 15) is 28.1 Å². The smallest absolute Gasteiger partial charge is 0.451 e. The third kappa shape index (κ3) is 4.37. The second-order valence-corrected chi connectivity index (χ2v) is 3.73. The molecule has 7 nitrogen and oxygen atoms in total. The van der Waals surface area contributed by atoms with E-state index in [4.69, 9.17) is 5.11 Å². The van der Waals surface area contributed by atoms with Gasteiger partial charge in [0.15, 0.2) is 11.5 Å². The fourth-order valence-electron chi connectivity index (χ4n) is 1.20. The Morgan fingerprint density at radius 1 is 1.38 bits per heavy atom. The number of aliphatic hydroxyl groups is 1. The molecule has 0 spiro atoms. The first kappa shape index (κ1) is 16.3. The lowest BCUT2D eigenvalue weighted by atomic mass is 10.2. The summed E-state index contributed by atoms with van der Waals surface area (Å²) in [6.45, 7) is 0.768. The highest BCUT2D eigenvalue weighted by atomic mass is 19.4. The van der Waals surface area contributed by atoms with Gasteiger partial charge in [-0.15, -0.1) is 5.11 Å². The molecule has 112 valence electrons. The molecule has 0 aromatic heterocycles. The zero-order valence-corrected chi connectivity index (χ0v) is 10.5. The van der Waals surface area contributed by atoms with E-state index < -0.39 is 28.3 Å². The normalized spacial score (nSPS) is 13.1. The molecule has 1 aromatic rings. The molecule has 1 rings (SSSR count). The molecule has 0 radical (unpaired) electrons. The van der Waals surface area contributed by atoms with E-state index in [1.165, 1.54) is 12.1 Å². The Bertz CT molecular complexity index is 638. The molecule has 0 unspecified atom stereocenters. The number of allylic oxidation sites excluding steroid dienone is 2. The number of halogens is 3. The van der Waals surface area contributed by atoms with Crippen LogP contribution in [0.3, 0.4) is 0 Å². The first-order valence-electron chi connectivity index (χ1n) is 5.30. The van der Waals surface area contributed by atoms with Gasteiger partial charge in [-0.2, -0.15) is 18.3 Å². The van der Waals surface area contributed by atoms with Crippen LogP contribution in [0.25, 0.3) is 0 Å². The summed E-state index contributed by atoms with van der Waals surface area (Å²) in [5.74, 6) is -3.33. The Labute approximate surface area is 115 Å². The summed E-state index contributed by atoms with van der Waals surface area (Å²) < 4.78 is 36.9. The van der Waals surface area contributed by atoms with E-state index in [2.05, 4.69) is 10.2 Å². The summed E-state index contributed by atoms with van der Waals surface area (Å²) in [5, 5.41) is 25.7. The number of Topliss-reactive ketones (excluding diaryl/α,β-unsaturated/α-hetero) is 1. The van der Waals surface area contributed by atoms with E-state index in [-0.39, 0.29) is 11.4 Å². The molecule has 0 heterocycles. The third-order valence-corrected chi connectivity index (χ3v) is 2.13. The molecule has 0 fully saturated rings. The molecule has 0 bridgehead atoms. The van der Waals surface area contributed by atoms with Crippen molar-refractivity contribution in [3.63, 3.8) is 0 Å². The van der Waals surface area contributed by atoms with Crippen molar-refractivity contribution in [3.05, 3.63) is 45.8 Å². The molecule has 0 amide bonds. The van der Waals surface area contributed by atoms with Gasteiger partial charge < -0.3 is 5.11 Å². The number of carbonyl (C=O) groups is 1. The molecule has 1 N–H and O–H groups in total. The number of aliphatic hydroxyl groups excluding tert-OH is 1. The number of nitro benzene ring substituents is 1. The van der Waals surface area contributed by atoms with Gasteiger partial charge in [-0.3, -0.25) is 14.9 Å². The van der Waals surface area contributed by atoms with Gasteiger partial charge in [-0.25, -0.2) is 0 Å². The Hall–Kier alpha value is -2.78. The maximum Gasteiger partial charge on any atom is 0.451 e. The second kappa shape index (κ2) is 6.11. The van der Waals surface area contributed by atoms with Gasteiger partial charge in [0.2, 0.25) is 5.76 Å². The lowest BCUT2D eigenvalue weighted by molar-refractivity contribution is -0.384. The van der Waals surface area contributed by atoms with Crippen molar-refractivity contribution < 1.29 is 28.0 Å². The predicted octanol–water partition coefficient (Wildman–Crippen LogP) is 3.60. The summed E-state index contributed by atoms with van der Waals surface area (Å²) >= 11 is 0. The fraction of sp³-hybridized carbons (Fsp3) is 0.182. The average Bonchev–Trinajstić information content (AvgIpc) is 2.37. The lowest BCUT2D eigenvalue weighted by Crippen LogP contribution is -2.16. The van der Waals surface area contributed by atoms with E-state index in [1.807, 2.05) is 0 Å². The molecule has 0 aliphatic carbocycles. The van der Waals surface area contributed by atoms with E-state index in [1.54, 1.807) is 0 Å². The molecular formula is C11H8F3N3O4. The monoisotopic (exact) mass is 303 g/mol. The highest BCUT2D eigenvalue weighted by Gasteiger charge is 2.38. The number of carbonyl (C=O) groups excluding carboxylic acids is 1. The van der Waals surface area contributed by atoms with Crippen LogP contribution >= 0.6 is 0 Å². The van der Waals surface area contributed by atoms with Gasteiger partial charge in [0.25, 0.3) is 5.69 Å². The van der Waals surface area contributed by atoms with Crippen molar-refractivity contribution in [3.8, 4) is 0 Å². The van der Waals surface area contributed by atoms with Crippen LogP contribution in [-0.2, 0) is 4.79 Å². The highest BCUT2D eigenvalue weighted by molar-refractivity contribution is 5.93. The minimum atomic E-state index is -5.15. The average molecular weight is 303 g/mol. The standard InChI is InChI=1S/C11H8F3N3O4/c1-6(18)9(10(19)11(12,13)14)16-15-7-3-2-4-8(5-7)17(20)21/h2-5,19H,1H3/b10-9-,16-15?. The summed E-state index contributed by atoms with van der Waals surface area (Å²) in [4.78, 5) is 20.8. The van der Waals surface area contributed by atoms with Gasteiger partial charge >= 0.3 is 6.18 Å². The number of rotatable bonds is 4. The number of alkyl halides is 3. The number of nitro groups is 1. The summed E-state index contributed by atoms with van der Waals surface area (Å²) in [6, 6.07) is 4.58. The van der Waals surface area contributed by atoms with Crippen LogP contribution in [0.4, 0.5) is 24.5 Å². The van der Waals surface area contributed by atoms with Crippen molar-refractivity contribution in [2.24, 2.45) is 10.2 Å². The van der Waals surface area contributed by atoms with Crippen molar-refractivity contribution in [1.29, 1.82) is 0 Å². The number of non-ortho nitro benzene ring substituents is 1. The molecule has 0 aliphatic rings. The third-order valence-electron chi connectivity index (χ3n) is 2.13. The molecule has 0 atom stereocenters. The summed E-state index contributed by atoms with van der Waals surface area (Å²) in [5.41, 5.74) is -1.77. The fourth-order valence-corrected chi connectivity index (χ4v) is 1.20. The van der Waals surface area contributed by atoms with Gasteiger partial charge in [-0.1, -0.05) is 6.07 Å². The Morgan fingerprint density at radius 3 is 2.48 bits per heavy atom. The van der Waals surface area contributed by atoms with E-state index in [0.717, 1.165) is 19.1 Å². The van der Waals surface area contributed by atoms with Crippen LogP contribution in [0.15, 0.2) is 46.0 Å². The first-order chi connectivity index (χ1) is 9.62. The highest BCUT2D eigenvalue weighted by Crippen LogP contribution is 2.28. The Morgan fingerprint density at radius 2 is 2.00 bits per heavy atom. The van der Waals surface area contributed by atoms with Crippen LogP contribution < -0.4 is 0 Å². The summed E-state index contributed by atoms with van der Waals surface area (Å²) in [7, 11) is 0. The van der Waals surface area contributed by atoms with Gasteiger partial charge in [0.1, 0.15) is 0 Å². The maximum absolute atomic E-state index is 12.3. The Kier molecular flexibility index (Phi) is 4.74. The molecule has 0 saturated carbocycles. The molecule has 10 heteroatoms. The van der Waals surface area contributed by atoms with Crippen LogP contribution in [0.5, 0.6) is 0 Å². The van der Waals surface area contributed by atoms with Crippen LogP contribution in [0.2, 0.25) is 0 Å². The zero-order valence-electron chi connectivity index (χ0n) is 10.5. The zero-order chi connectivity index (χ0) is 16.2. The van der Waals surface area contributed by atoms with Crippen molar-refractivity contribution >= 4 is 17.2 Å². The minimum Gasteiger partial charge on any atom is -0.503 e. The molecule has 0 saturated heterocycles. The van der Waals surface area contributed by atoms with Crippen LogP contribution in [0, 0.1) is 10.1 Å². The van der Waals surface area contributed by atoms with Gasteiger partial charge in [0.05, 0.1) is 10.6 Å². The van der Waals surface area contributed by atoms with Crippen LogP contribution in [0.1, 0.15) is 6.92 Å². The second-order valence-electron chi connectivity index (χ2n) is 3.73. The van der Waals surface area contributed by atoms with Crippen LogP contribution in [-0.4, -0.2) is 22.0 Å². The first-order valence-corrected chi connectivity index (χ1v) is 5.30. The molecular weight excluding hydrogens is 295 g/mol. The molecule has 0 aliphatic heterocycles. The Balaban J connectivity index is 3.20. The van der Waals surface area contributed by atoms with Crippen molar-refractivity contribution in [2.75, 3.05) is 0 Å². The maximum atomic E-state index is 12.3. The number of ketones is 1. The van der Waals surface area contributed by atoms with Gasteiger partial charge in [-0.05, 0) is 6.07 Å². The number of hydrogen-bond acceptors (Lipinski definition) is 6. The van der Waals surface area contributed by atoms with E-state index in [0.29, 0.717) is 0 Å². The molecule has 21 heavy (non-hydrogen) atoms. The van der Waals surface area contributed by atoms with E-state index >= 15 is 0 Å². The number of hydrogen-bond donors (Lipinski definition) is 1. The predicted molar refractivity (Wildman–Crippen MR) is 64.0 cm³/mol. The number of azo groups is 1. The van der Waals surface area contributed by atoms with Crippen molar-refractivity contribution in [2.45, 2.75) is 13.1 Å². The largest absolute Gasteiger partial charge is 0.503 e. The number of benzene rings is 1. The lowest BCUT2D eigenvalue weighted by Gasteiger charge is -2.06. The number of nitrogens with zero attached hydrogens (tertiary/aromatic N) is 3. The topological polar surface area (TPSA) is 105 Å². The SMILES string of the molecule is CC(=O)/C(N=Nc1cccc([N+](=O)[O-])c1)=C(/O)C(F)(F)F. The van der Waals surface area contributed by atoms with Gasteiger partial charge in [0, 0.05) is 19.1 Å². The van der Waals surface area contributed by atoms with Crippen molar-refractivity contribution in [1.82, 2.24) is 0 Å². The molecule has 1 aromatic carbocycles. The summed E-state index contributed by atoms with van der Waals surface area (Å²) in [6.07, 6.45) is -5.15. The minimum absolute atomic E-state index is 0.141.